The Hall–Kier alpha value is -0.710. The van der Waals surface area contributed by atoms with Crippen LogP contribution in [0.3, 0.4) is 0 Å². The third-order valence-corrected chi connectivity index (χ3v) is 3.98. The first-order valence-corrected chi connectivity index (χ1v) is 7.46. The largest absolute Gasteiger partial charge is 0.497 e. The lowest BCUT2D eigenvalue weighted by molar-refractivity contribution is 0.110. The van der Waals surface area contributed by atoms with Crippen LogP contribution >= 0.6 is 11.8 Å². The molecule has 1 unspecified atom stereocenters. The van der Waals surface area contributed by atoms with Crippen molar-refractivity contribution in [2.75, 3.05) is 32.6 Å². The van der Waals surface area contributed by atoms with E-state index < -0.39 is 0 Å². The van der Waals surface area contributed by atoms with Crippen LogP contribution in [0.15, 0.2) is 29.2 Å². The van der Waals surface area contributed by atoms with Gasteiger partial charge < -0.3 is 14.8 Å². The molecule has 1 heterocycles. The molecule has 0 amide bonds. The number of benzene rings is 1. The van der Waals surface area contributed by atoms with Crippen LogP contribution in [0.5, 0.6) is 5.75 Å². The van der Waals surface area contributed by atoms with Gasteiger partial charge in [-0.3, -0.25) is 0 Å². The number of nitrogens with one attached hydrogen (secondary N) is 1. The topological polar surface area (TPSA) is 30.5 Å². The average Bonchev–Trinajstić information content (AvgIpc) is 2.92. The molecule has 0 radical (unpaired) electrons. The Kier molecular flexibility index (Phi) is 5.84. The maximum atomic E-state index is 5.56. The summed E-state index contributed by atoms with van der Waals surface area (Å²) in [6.45, 7) is 2.94. The maximum absolute atomic E-state index is 5.56. The predicted octanol–water partition coefficient (Wildman–Crippen LogP) is 2.56. The van der Waals surface area contributed by atoms with E-state index in [1.807, 2.05) is 23.9 Å². The molecule has 1 fully saturated rings. The average molecular weight is 267 g/mol. The van der Waals surface area contributed by atoms with E-state index in [0.29, 0.717) is 6.10 Å². The van der Waals surface area contributed by atoms with Crippen molar-refractivity contribution in [3.05, 3.63) is 24.3 Å². The monoisotopic (exact) mass is 267 g/mol. The Bertz CT molecular complexity index is 353. The van der Waals surface area contributed by atoms with Gasteiger partial charge in [0.25, 0.3) is 0 Å². The molecule has 0 spiro atoms. The minimum atomic E-state index is 0.437. The van der Waals surface area contributed by atoms with E-state index in [2.05, 4.69) is 17.4 Å². The van der Waals surface area contributed by atoms with Gasteiger partial charge in [-0.1, -0.05) is 6.07 Å². The molecule has 1 aromatic rings. The molecule has 0 aromatic heterocycles. The van der Waals surface area contributed by atoms with Crippen LogP contribution in [0.25, 0.3) is 0 Å². The van der Waals surface area contributed by atoms with E-state index in [1.54, 1.807) is 7.11 Å². The predicted molar refractivity (Wildman–Crippen MR) is 75.6 cm³/mol. The number of hydrogen-bond donors (Lipinski definition) is 1. The van der Waals surface area contributed by atoms with E-state index in [1.165, 1.54) is 17.7 Å². The standard InChI is InChI=1S/C14H21NO2S/c1-16-12-4-2-6-14(10-12)18-9-7-15-11-13-5-3-8-17-13/h2,4,6,10,13,15H,3,5,7-9,11H2,1H3. The van der Waals surface area contributed by atoms with Gasteiger partial charge in [0.05, 0.1) is 13.2 Å². The second-order valence-corrected chi connectivity index (χ2v) is 5.53. The molecule has 0 bridgehead atoms. The maximum Gasteiger partial charge on any atom is 0.119 e. The van der Waals surface area contributed by atoms with Crippen molar-refractivity contribution in [3.8, 4) is 5.75 Å². The van der Waals surface area contributed by atoms with Crippen LogP contribution in [0, 0.1) is 0 Å². The quantitative estimate of drug-likeness (QED) is 0.607. The molecule has 18 heavy (non-hydrogen) atoms. The van der Waals surface area contributed by atoms with Crippen molar-refractivity contribution in [2.24, 2.45) is 0 Å². The van der Waals surface area contributed by atoms with Crippen molar-refractivity contribution >= 4 is 11.8 Å². The van der Waals surface area contributed by atoms with Crippen molar-refractivity contribution < 1.29 is 9.47 Å². The van der Waals surface area contributed by atoms with Gasteiger partial charge >= 0.3 is 0 Å². The van der Waals surface area contributed by atoms with Gasteiger partial charge in [0.15, 0.2) is 0 Å². The lowest BCUT2D eigenvalue weighted by atomic mass is 10.2. The minimum Gasteiger partial charge on any atom is -0.497 e. The molecule has 4 heteroatoms. The fourth-order valence-corrected chi connectivity index (χ4v) is 2.86. The zero-order valence-corrected chi connectivity index (χ0v) is 11.7. The van der Waals surface area contributed by atoms with Crippen LogP contribution in [0.2, 0.25) is 0 Å². The highest BCUT2D eigenvalue weighted by Gasteiger charge is 2.14. The lowest BCUT2D eigenvalue weighted by Gasteiger charge is -2.10. The summed E-state index contributed by atoms with van der Waals surface area (Å²) in [6, 6.07) is 8.19. The highest BCUT2D eigenvalue weighted by Crippen LogP contribution is 2.22. The summed E-state index contributed by atoms with van der Waals surface area (Å²) in [6.07, 6.45) is 2.85. The Morgan fingerprint density at radius 3 is 3.22 bits per heavy atom. The highest BCUT2D eigenvalue weighted by atomic mass is 32.2. The van der Waals surface area contributed by atoms with Crippen LogP contribution in [0.1, 0.15) is 12.8 Å². The number of methoxy groups -OCH3 is 1. The molecule has 0 aliphatic carbocycles. The van der Waals surface area contributed by atoms with Gasteiger partial charge in [-0.25, -0.2) is 0 Å². The summed E-state index contributed by atoms with van der Waals surface area (Å²) >= 11 is 1.85. The SMILES string of the molecule is COc1cccc(SCCNCC2CCCO2)c1. The summed E-state index contributed by atoms with van der Waals surface area (Å²) in [7, 11) is 1.70. The molecular weight excluding hydrogens is 246 g/mol. The molecule has 1 aromatic carbocycles. The smallest absolute Gasteiger partial charge is 0.119 e. The summed E-state index contributed by atoms with van der Waals surface area (Å²) < 4.78 is 10.8. The van der Waals surface area contributed by atoms with Crippen molar-refractivity contribution in [2.45, 2.75) is 23.8 Å². The number of hydrogen-bond acceptors (Lipinski definition) is 4. The first kappa shape index (κ1) is 13.7. The van der Waals surface area contributed by atoms with E-state index >= 15 is 0 Å². The van der Waals surface area contributed by atoms with Crippen LogP contribution < -0.4 is 10.1 Å². The highest BCUT2D eigenvalue weighted by molar-refractivity contribution is 7.99. The third kappa shape index (κ3) is 4.52. The van der Waals surface area contributed by atoms with E-state index in [0.717, 1.165) is 31.2 Å². The fourth-order valence-electron chi connectivity index (χ4n) is 2.00. The third-order valence-electron chi connectivity index (χ3n) is 2.98. The van der Waals surface area contributed by atoms with Gasteiger partial charge in [-0.05, 0) is 31.0 Å². The Morgan fingerprint density at radius 2 is 2.44 bits per heavy atom. The number of ether oxygens (including phenoxy) is 2. The van der Waals surface area contributed by atoms with Gasteiger partial charge in [-0.2, -0.15) is 0 Å². The number of thioether (sulfide) groups is 1. The van der Waals surface area contributed by atoms with E-state index in [4.69, 9.17) is 9.47 Å². The summed E-state index contributed by atoms with van der Waals surface area (Å²) in [4.78, 5) is 1.26. The van der Waals surface area contributed by atoms with E-state index in [9.17, 15) is 0 Å². The lowest BCUT2D eigenvalue weighted by Crippen LogP contribution is -2.27. The molecule has 3 nitrogen and oxygen atoms in total. The normalized spacial score (nSPS) is 19.1. The number of rotatable bonds is 7. The first-order chi connectivity index (χ1) is 8.88. The molecule has 1 atom stereocenters. The summed E-state index contributed by atoms with van der Waals surface area (Å²) in [5.74, 6) is 1.99. The molecule has 1 aliphatic heterocycles. The second kappa shape index (κ2) is 7.67. The fraction of sp³-hybridized carbons (Fsp3) is 0.571. The summed E-state index contributed by atoms with van der Waals surface area (Å²) in [5.41, 5.74) is 0. The van der Waals surface area contributed by atoms with Gasteiger partial charge in [0, 0.05) is 30.3 Å². The molecule has 1 aliphatic rings. The van der Waals surface area contributed by atoms with Crippen molar-refractivity contribution in [1.82, 2.24) is 5.32 Å². The van der Waals surface area contributed by atoms with Crippen LogP contribution in [-0.4, -0.2) is 38.7 Å². The molecule has 0 saturated carbocycles. The zero-order chi connectivity index (χ0) is 12.6. The van der Waals surface area contributed by atoms with Gasteiger partial charge in [0.1, 0.15) is 5.75 Å². The molecular formula is C14H21NO2S. The Labute approximate surface area is 113 Å². The molecule has 100 valence electrons. The second-order valence-electron chi connectivity index (χ2n) is 4.37. The summed E-state index contributed by atoms with van der Waals surface area (Å²) in [5, 5.41) is 3.45. The molecule has 1 N–H and O–H groups in total. The molecule has 1 saturated heterocycles. The minimum absolute atomic E-state index is 0.437. The van der Waals surface area contributed by atoms with Crippen LogP contribution in [0.4, 0.5) is 0 Å². The van der Waals surface area contributed by atoms with Gasteiger partial charge in [0.2, 0.25) is 0 Å². The van der Waals surface area contributed by atoms with Gasteiger partial charge in [-0.15, -0.1) is 11.8 Å². The Morgan fingerprint density at radius 1 is 1.50 bits per heavy atom. The zero-order valence-electron chi connectivity index (χ0n) is 10.9. The van der Waals surface area contributed by atoms with E-state index in [-0.39, 0.29) is 0 Å². The van der Waals surface area contributed by atoms with Crippen LogP contribution in [-0.2, 0) is 4.74 Å². The Balaban J connectivity index is 1.59. The molecule has 2 rings (SSSR count). The first-order valence-electron chi connectivity index (χ1n) is 6.47. The van der Waals surface area contributed by atoms with Crippen molar-refractivity contribution in [3.63, 3.8) is 0 Å². The van der Waals surface area contributed by atoms with Crippen molar-refractivity contribution in [1.29, 1.82) is 0 Å².